The minimum absolute atomic E-state index is 0.103. The van der Waals surface area contributed by atoms with Crippen molar-refractivity contribution in [1.82, 2.24) is 0 Å². The molecule has 0 bridgehead atoms. The summed E-state index contributed by atoms with van der Waals surface area (Å²) in [7, 11) is 0. The number of rotatable bonds is 7. The molecule has 0 heterocycles. The van der Waals surface area contributed by atoms with Crippen molar-refractivity contribution in [2.24, 2.45) is 0 Å². The van der Waals surface area contributed by atoms with E-state index in [2.05, 4.69) is 6.08 Å². The first kappa shape index (κ1) is 12.5. The standard InChI is InChI=1S/C10H17ClO2/c1-2-13-10(12)8-6-4-3-5-7-9-11/h3,5H,2,4,6-9H2,1H3/b5-3+. The minimum Gasteiger partial charge on any atom is -0.466 e. The fourth-order valence-corrected chi connectivity index (χ4v) is 1.02. The average Bonchev–Trinajstić information content (AvgIpc) is 2.11. The highest BCUT2D eigenvalue weighted by molar-refractivity contribution is 6.17. The van der Waals surface area contributed by atoms with Gasteiger partial charge in [0.15, 0.2) is 0 Å². The molecule has 3 heteroatoms. The van der Waals surface area contributed by atoms with Crippen molar-refractivity contribution in [2.45, 2.75) is 32.6 Å². The van der Waals surface area contributed by atoms with Crippen LogP contribution < -0.4 is 0 Å². The monoisotopic (exact) mass is 204 g/mol. The van der Waals surface area contributed by atoms with E-state index in [-0.39, 0.29) is 5.97 Å². The Kier molecular flexibility index (Phi) is 9.22. The number of carbonyl (C=O) groups excluding carboxylic acids is 1. The number of halogens is 1. The molecule has 0 unspecified atom stereocenters. The lowest BCUT2D eigenvalue weighted by atomic mass is 10.2. The van der Waals surface area contributed by atoms with Crippen LogP contribution in [-0.4, -0.2) is 18.5 Å². The molecule has 0 aliphatic heterocycles. The quantitative estimate of drug-likeness (QED) is 0.276. The molecule has 0 aromatic rings. The molecule has 13 heavy (non-hydrogen) atoms. The molecular formula is C10H17ClO2. The first-order valence-corrected chi connectivity index (χ1v) is 5.21. The van der Waals surface area contributed by atoms with Gasteiger partial charge in [0.05, 0.1) is 6.61 Å². The Bertz CT molecular complexity index is 155. The van der Waals surface area contributed by atoms with Crippen molar-refractivity contribution in [1.29, 1.82) is 0 Å². The van der Waals surface area contributed by atoms with Gasteiger partial charge in [-0.05, 0) is 26.2 Å². The summed E-state index contributed by atoms with van der Waals surface area (Å²) in [5.74, 6) is 0.558. The highest BCUT2D eigenvalue weighted by atomic mass is 35.5. The third-order valence-electron chi connectivity index (χ3n) is 1.50. The molecule has 76 valence electrons. The SMILES string of the molecule is CCOC(=O)CCC/C=C/CCCl. The predicted octanol–water partition coefficient (Wildman–Crippen LogP) is 2.90. The second-order valence-electron chi connectivity index (χ2n) is 2.65. The summed E-state index contributed by atoms with van der Waals surface area (Å²) in [6.45, 7) is 2.29. The molecule has 0 atom stereocenters. The van der Waals surface area contributed by atoms with E-state index in [0.29, 0.717) is 18.9 Å². The summed E-state index contributed by atoms with van der Waals surface area (Å²) in [6, 6.07) is 0. The van der Waals surface area contributed by atoms with E-state index in [0.717, 1.165) is 19.3 Å². The summed E-state index contributed by atoms with van der Waals surface area (Å²) in [5.41, 5.74) is 0. The lowest BCUT2D eigenvalue weighted by molar-refractivity contribution is -0.143. The molecule has 0 N–H and O–H groups in total. The van der Waals surface area contributed by atoms with Gasteiger partial charge in [-0.25, -0.2) is 0 Å². The molecule has 0 saturated carbocycles. The first-order chi connectivity index (χ1) is 6.31. The maximum atomic E-state index is 10.9. The van der Waals surface area contributed by atoms with Crippen LogP contribution in [0, 0.1) is 0 Å². The topological polar surface area (TPSA) is 26.3 Å². The molecule has 0 aromatic carbocycles. The molecule has 0 radical (unpaired) electrons. The molecule has 0 aliphatic carbocycles. The number of alkyl halides is 1. The largest absolute Gasteiger partial charge is 0.466 e. The van der Waals surface area contributed by atoms with E-state index in [9.17, 15) is 4.79 Å². The van der Waals surface area contributed by atoms with E-state index < -0.39 is 0 Å². The molecule has 0 aliphatic rings. The first-order valence-electron chi connectivity index (χ1n) is 4.67. The zero-order valence-corrected chi connectivity index (χ0v) is 8.85. The van der Waals surface area contributed by atoms with Gasteiger partial charge >= 0.3 is 5.97 Å². The minimum atomic E-state index is -0.103. The van der Waals surface area contributed by atoms with Crippen molar-refractivity contribution < 1.29 is 9.53 Å². The van der Waals surface area contributed by atoms with E-state index in [1.807, 2.05) is 13.0 Å². The van der Waals surface area contributed by atoms with Crippen LogP contribution in [0.2, 0.25) is 0 Å². The van der Waals surface area contributed by atoms with Gasteiger partial charge in [-0.2, -0.15) is 0 Å². The lowest BCUT2D eigenvalue weighted by Crippen LogP contribution is -2.02. The van der Waals surface area contributed by atoms with Crippen molar-refractivity contribution >= 4 is 17.6 Å². The Labute approximate surface area is 84.9 Å². The zero-order valence-electron chi connectivity index (χ0n) is 8.09. The highest BCUT2D eigenvalue weighted by Gasteiger charge is 1.98. The molecular weight excluding hydrogens is 188 g/mol. The van der Waals surface area contributed by atoms with Gasteiger partial charge in [0.2, 0.25) is 0 Å². The maximum absolute atomic E-state index is 10.9. The normalized spacial score (nSPS) is 10.6. The van der Waals surface area contributed by atoms with Gasteiger partial charge in [-0.1, -0.05) is 12.2 Å². The van der Waals surface area contributed by atoms with Crippen LogP contribution >= 0.6 is 11.6 Å². The lowest BCUT2D eigenvalue weighted by Gasteiger charge is -1.98. The Hall–Kier alpha value is -0.500. The van der Waals surface area contributed by atoms with Crippen LogP contribution in [0.1, 0.15) is 32.6 Å². The Balaban J connectivity index is 3.20. The molecule has 0 spiro atoms. The maximum Gasteiger partial charge on any atom is 0.305 e. The van der Waals surface area contributed by atoms with Gasteiger partial charge in [0, 0.05) is 12.3 Å². The van der Waals surface area contributed by atoms with Crippen molar-refractivity contribution in [3.05, 3.63) is 12.2 Å². The summed E-state index contributed by atoms with van der Waals surface area (Å²) < 4.78 is 4.79. The number of hydrogen-bond acceptors (Lipinski definition) is 2. The number of esters is 1. The molecule has 0 aromatic heterocycles. The van der Waals surface area contributed by atoms with Crippen molar-refractivity contribution in [2.75, 3.05) is 12.5 Å². The third kappa shape index (κ3) is 9.41. The van der Waals surface area contributed by atoms with Gasteiger partial charge in [0.25, 0.3) is 0 Å². The number of ether oxygens (including phenoxy) is 1. The zero-order chi connectivity index (χ0) is 9.94. The highest BCUT2D eigenvalue weighted by Crippen LogP contribution is 1.99. The summed E-state index contributed by atoms with van der Waals surface area (Å²) in [5, 5.41) is 0. The number of carbonyl (C=O) groups is 1. The van der Waals surface area contributed by atoms with Gasteiger partial charge < -0.3 is 4.74 Å². The van der Waals surface area contributed by atoms with E-state index in [1.165, 1.54) is 0 Å². The van der Waals surface area contributed by atoms with Gasteiger partial charge in [-0.15, -0.1) is 11.6 Å². The van der Waals surface area contributed by atoms with Crippen LogP contribution in [-0.2, 0) is 9.53 Å². The smallest absolute Gasteiger partial charge is 0.305 e. The number of allylic oxidation sites excluding steroid dienone is 2. The summed E-state index contributed by atoms with van der Waals surface area (Å²) in [6.07, 6.45) is 7.30. The van der Waals surface area contributed by atoms with Crippen molar-refractivity contribution in [3.8, 4) is 0 Å². The number of hydrogen-bond donors (Lipinski definition) is 0. The second-order valence-corrected chi connectivity index (χ2v) is 3.02. The van der Waals surface area contributed by atoms with Crippen LogP contribution in [0.15, 0.2) is 12.2 Å². The molecule has 0 fully saturated rings. The molecule has 0 saturated heterocycles. The number of unbranched alkanes of at least 4 members (excludes halogenated alkanes) is 1. The van der Waals surface area contributed by atoms with E-state index >= 15 is 0 Å². The second kappa shape index (κ2) is 9.59. The molecule has 0 rings (SSSR count). The molecule has 2 nitrogen and oxygen atoms in total. The third-order valence-corrected chi connectivity index (χ3v) is 1.72. The van der Waals surface area contributed by atoms with E-state index in [4.69, 9.17) is 16.3 Å². The van der Waals surface area contributed by atoms with E-state index in [1.54, 1.807) is 0 Å². The average molecular weight is 205 g/mol. The summed E-state index contributed by atoms with van der Waals surface area (Å²) >= 11 is 5.48. The van der Waals surface area contributed by atoms with Gasteiger partial charge in [-0.3, -0.25) is 4.79 Å². The van der Waals surface area contributed by atoms with Crippen LogP contribution in [0.3, 0.4) is 0 Å². The molecule has 0 amide bonds. The summed E-state index contributed by atoms with van der Waals surface area (Å²) in [4.78, 5) is 10.9. The fourth-order valence-electron chi connectivity index (χ4n) is 0.896. The van der Waals surface area contributed by atoms with Crippen LogP contribution in [0.25, 0.3) is 0 Å². The Morgan fingerprint density at radius 3 is 2.69 bits per heavy atom. The van der Waals surface area contributed by atoms with Gasteiger partial charge in [0.1, 0.15) is 0 Å². The predicted molar refractivity (Wildman–Crippen MR) is 55.0 cm³/mol. The fraction of sp³-hybridized carbons (Fsp3) is 0.700. The van der Waals surface area contributed by atoms with Crippen LogP contribution in [0.5, 0.6) is 0 Å². The Morgan fingerprint density at radius 1 is 1.38 bits per heavy atom. The Morgan fingerprint density at radius 2 is 2.08 bits per heavy atom. The van der Waals surface area contributed by atoms with Crippen LogP contribution in [0.4, 0.5) is 0 Å². The van der Waals surface area contributed by atoms with Crippen molar-refractivity contribution in [3.63, 3.8) is 0 Å².